The Kier molecular flexibility index (Phi) is 4.18. The van der Waals surface area contributed by atoms with Gasteiger partial charge in [-0.25, -0.2) is 9.50 Å². The SMILES string of the molecule is Cc1cc(C2CCCN(C(=O)c3ccc(C)c(C)c3)C2)n2ncnc2n1. The molecule has 1 atom stereocenters. The number of amides is 1. The molecule has 0 radical (unpaired) electrons. The van der Waals surface area contributed by atoms with E-state index in [4.69, 9.17) is 0 Å². The maximum Gasteiger partial charge on any atom is 0.253 e. The third-order valence-electron chi connectivity index (χ3n) is 5.29. The van der Waals surface area contributed by atoms with Crippen LogP contribution < -0.4 is 0 Å². The predicted molar refractivity (Wildman–Crippen MR) is 99.3 cm³/mol. The predicted octanol–water partition coefficient (Wildman–Crippen LogP) is 3.07. The van der Waals surface area contributed by atoms with Gasteiger partial charge in [-0.2, -0.15) is 10.1 Å². The van der Waals surface area contributed by atoms with Crippen LogP contribution >= 0.6 is 0 Å². The Balaban J connectivity index is 1.62. The molecule has 1 saturated heterocycles. The van der Waals surface area contributed by atoms with Gasteiger partial charge in [0.25, 0.3) is 11.7 Å². The summed E-state index contributed by atoms with van der Waals surface area (Å²) in [5.41, 5.74) is 5.14. The smallest absolute Gasteiger partial charge is 0.253 e. The topological polar surface area (TPSA) is 63.4 Å². The number of hydrogen-bond donors (Lipinski definition) is 0. The second-order valence-electron chi connectivity index (χ2n) is 7.18. The average Bonchev–Trinajstić information content (AvgIpc) is 3.11. The van der Waals surface area contributed by atoms with Crippen molar-refractivity contribution in [2.75, 3.05) is 13.1 Å². The molecule has 1 aliphatic rings. The van der Waals surface area contributed by atoms with Gasteiger partial charge in [-0.15, -0.1) is 0 Å². The molecule has 26 heavy (non-hydrogen) atoms. The fraction of sp³-hybridized carbons (Fsp3) is 0.400. The third-order valence-corrected chi connectivity index (χ3v) is 5.29. The molecule has 4 rings (SSSR count). The molecule has 0 saturated carbocycles. The Morgan fingerprint density at radius 2 is 2.00 bits per heavy atom. The lowest BCUT2D eigenvalue weighted by Crippen LogP contribution is -2.39. The summed E-state index contributed by atoms with van der Waals surface area (Å²) in [6.45, 7) is 7.58. The summed E-state index contributed by atoms with van der Waals surface area (Å²) in [5.74, 6) is 0.973. The molecule has 2 aromatic heterocycles. The highest BCUT2D eigenvalue weighted by atomic mass is 16.2. The first kappa shape index (κ1) is 16.7. The molecule has 0 N–H and O–H groups in total. The van der Waals surface area contributed by atoms with Crippen LogP contribution in [0, 0.1) is 20.8 Å². The number of likely N-dealkylation sites (tertiary alicyclic amines) is 1. The zero-order valence-corrected chi connectivity index (χ0v) is 15.4. The highest BCUT2D eigenvalue weighted by molar-refractivity contribution is 5.94. The van der Waals surface area contributed by atoms with Crippen molar-refractivity contribution >= 4 is 11.7 Å². The monoisotopic (exact) mass is 349 g/mol. The molecule has 3 aromatic rings. The standard InChI is InChI=1S/C20H23N5O/c1-13-6-7-16(9-14(13)2)19(26)24-8-4-5-17(11-24)18-10-15(3)23-20-21-12-22-25(18)20/h6-7,9-10,12,17H,4-5,8,11H2,1-3H3. The van der Waals surface area contributed by atoms with Crippen LogP contribution in [0.1, 0.15) is 51.6 Å². The zero-order chi connectivity index (χ0) is 18.3. The van der Waals surface area contributed by atoms with Gasteiger partial charge in [0.1, 0.15) is 6.33 Å². The first-order valence-electron chi connectivity index (χ1n) is 9.07. The van der Waals surface area contributed by atoms with Gasteiger partial charge in [0, 0.05) is 30.3 Å². The first-order chi connectivity index (χ1) is 12.5. The van der Waals surface area contributed by atoms with E-state index in [-0.39, 0.29) is 11.8 Å². The number of piperidine rings is 1. The number of carbonyl (C=O) groups excluding carboxylic acids is 1. The molecule has 0 aliphatic carbocycles. The fourth-order valence-electron chi connectivity index (χ4n) is 3.71. The normalized spacial score (nSPS) is 17.7. The number of nitrogens with zero attached hydrogens (tertiary/aromatic N) is 5. The Morgan fingerprint density at radius 3 is 2.81 bits per heavy atom. The number of aryl methyl sites for hydroxylation is 3. The van der Waals surface area contributed by atoms with Gasteiger partial charge < -0.3 is 4.90 Å². The number of fused-ring (bicyclic) bond motifs is 1. The first-order valence-corrected chi connectivity index (χ1v) is 9.07. The van der Waals surface area contributed by atoms with Crippen molar-refractivity contribution in [3.63, 3.8) is 0 Å². The van der Waals surface area contributed by atoms with Gasteiger partial charge in [0.05, 0.1) is 5.69 Å². The molecular weight excluding hydrogens is 326 g/mol. The van der Waals surface area contributed by atoms with Crippen LogP contribution in [-0.2, 0) is 0 Å². The Labute approximate surface area is 152 Å². The number of carbonyl (C=O) groups is 1. The number of hydrogen-bond acceptors (Lipinski definition) is 4. The van der Waals surface area contributed by atoms with E-state index in [2.05, 4.69) is 28.1 Å². The molecule has 0 spiro atoms. The highest BCUT2D eigenvalue weighted by Gasteiger charge is 2.27. The molecule has 1 aliphatic heterocycles. The Bertz CT molecular complexity index is 977. The van der Waals surface area contributed by atoms with E-state index in [1.807, 2.05) is 41.5 Å². The van der Waals surface area contributed by atoms with Gasteiger partial charge in [-0.05, 0) is 62.9 Å². The summed E-state index contributed by atoms with van der Waals surface area (Å²) in [6, 6.07) is 8.01. The molecule has 1 amide bonds. The third kappa shape index (κ3) is 2.96. The number of benzene rings is 1. The molecular formula is C20H23N5O. The van der Waals surface area contributed by atoms with Crippen molar-refractivity contribution in [2.24, 2.45) is 0 Å². The van der Waals surface area contributed by atoms with E-state index in [1.54, 1.807) is 0 Å². The van der Waals surface area contributed by atoms with E-state index in [9.17, 15) is 4.79 Å². The summed E-state index contributed by atoms with van der Waals surface area (Å²) in [5, 5.41) is 4.32. The van der Waals surface area contributed by atoms with Crippen molar-refractivity contribution in [3.05, 3.63) is 58.7 Å². The van der Waals surface area contributed by atoms with E-state index >= 15 is 0 Å². The quantitative estimate of drug-likeness (QED) is 0.713. The van der Waals surface area contributed by atoms with E-state index in [1.165, 1.54) is 11.9 Å². The van der Waals surface area contributed by atoms with Crippen molar-refractivity contribution in [2.45, 2.75) is 39.5 Å². The van der Waals surface area contributed by atoms with Crippen LogP contribution in [0.3, 0.4) is 0 Å². The minimum atomic E-state index is 0.110. The summed E-state index contributed by atoms with van der Waals surface area (Å²) in [7, 11) is 0. The summed E-state index contributed by atoms with van der Waals surface area (Å²) in [4.78, 5) is 23.6. The van der Waals surface area contributed by atoms with E-state index < -0.39 is 0 Å². The van der Waals surface area contributed by atoms with E-state index in [0.717, 1.165) is 41.9 Å². The summed E-state index contributed by atoms with van der Waals surface area (Å²) < 4.78 is 1.81. The van der Waals surface area contributed by atoms with E-state index in [0.29, 0.717) is 12.3 Å². The lowest BCUT2D eigenvalue weighted by Gasteiger charge is -2.33. The largest absolute Gasteiger partial charge is 0.338 e. The lowest BCUT2D eigenvalue weighted by atomic mass is 9.93. The molecule has 1 unspecified atom stereocenters. The molecule has 134 valence electrons. The molecule has 6 heteroatoms. The zero-order valence-electron chi connectivity index (χ0n) is 15.4. The fourth-order valence-corrected chi connectivity index (χ4v) is 3.71. The van der Waals surface area contributed by atoms with Gasteiger partial charge >= 0.3 is 0 Å². The van der Waals surface area contributed by atoms with Crippen molar-refractivity contribution in [1.29, 1.82) is 0 Å². The number of aromatic nitrogens is 4. The molecule has 1 fully saturated rings. The van der Waals surface area contributed by atoms with Crippen LogP contribution in [0.2, 0.25) is 0 Å². The summed E-state index contributed by atoms with van der Waals surface area (Å²) in [6.07, 6.45) is 3.56. The van der Waals surface area contributed by atoms with Crippen molar-refractivity contribution in [3.8, 4) is 0 Å². The summed E-state index contributed by atoms with van der Waals surface area (Å²) >= 11 is 0. The Morgan fingerprint density at radius 1 is 1.15 bits per heavy atom. The van der Waals surface area contributed by atoms with Gasteiger partial charge in [-0.3, -0.25) is 4.79 Å². The van der Waals surface area contributed by atoms with Crippen molar-refractivity contribution < 1.29 is 4.79 Å². The number of rotatable bonds is 2. The highest BCUT2D eigenvalue weighted by Crippen LogP contribution is 2.28. The van der Waals surface area contributed by atoms with Gasteiger partial charge in [0.2, 0.25) is 0 Å². The van der Waals surface area contributed by atoms with Crippen molar-refractivity contribution in [1.82, 2.24) is 24.5 Å². The Hall–Kier alpha value is -2.76. The maximum absolute atomic E-state index is 13.0. The second kappa shape index (κ2) is 6.52. The molecule has 0 bridgehead atoms. The lowest BCUT2D eigenvalue weighted by molar-refractivity contribution is 0.0705. The molecule has 6 nitrogen and oxygen atoms in total. The molecule has 1 aromatic carbocycles. The van der Waals surface area contributed by atoms with Crippen LogP contribution in [0.5, 0.6) is 0 Å². The van der Waals surface area contributed by atoms with Crippen LogP contribution in [-0.4, -0.2) is 43.5 Å². The minimum absolute atomic E-state index is 0.110. The minimum Gasteiger partial charge on any atom is -0.338 e. The molecule has 3 heterocycles. The van der Waals surface area contributed by atoms with Crippen LogP contribution in [0.4, 0.5) is 0 Å². The maximum atomic E-state index is 13.0. The van der Waals surface area contributed by atoms with Crippen LogP contribution in [0.15, 0.2) is 30.6 Å². The second-order valence-corrected chi connectivity index (χ2v) is 7.18. The van der Waals surface area contributed by atoms with Gasteiger partial charge in [-0.1, -0.05) is 6.07 Å². The van der Waals surface area contributed by atoms with Gasteiger partial charge in [0.15, 0.2) is 0 Å². The average molecular weight is 349 g/mol. The van der Waals surface area contributed by atoms with Crippen LogP contribution in [0.25, 0.3) is 5.78 Å².